The molecule has 96 valence electrons. The Balaban J connectivity index is 4.17. The first-order valence-corrected chi connectivity index (χ1v) is 6.94. The molecule has 0 aliphatic rings. The van der Waals surface area contributed by atoms with Gasteiger partial charge in [0.25, 0.3) is 0 Å². The molecule has 0 fully saturated rings. The molecule has 0 rings (SSSR count). The van der Waals surface area contributed by atoms with E-state index < -0.39 is 13.6 Å². The van der Waals surface area contributed by atoms with E-state index in [9.17, 15) is 9.36 Å². The molecule has 0 unspecified atom stereocenters. The molecular formula is C9H20NO5P. The average molecular weight is 253 g/mol. The molecule has 0 saturated heterocycles. The Morgan fingerprint density at radius 2 is 1.81 bits per heavy atom. The van der Waals surface area contributed by atoms with Crippen LogP contribution in [0.2, 0.25) is 0 Å². The highest BCUT2D eigenvalue weighted by Crippen LogP contribution is 2.48. The van der Waals surface area contributed by atoms with Crippen LogP contribution in [0, 0.1) is 0 Å². The predicted molar refractivity (Wildman–Crippen MR) is 60.6 cm³/mol. The van der Waals surface area contributed by atoms with E-state index in [1.165, 1.54) is 0 Å². The van der Waals surface area contributed by atoms with Crippen LogP contribution < -0.4 is 0 Å². The van der Waals surface area contributed by atoms with Gasteiger partial charge < -0.3 is 14.2 Å². The van der Waals surface area contributed by atoms with Crippen molar-refractivity contribution in [1.82, 2.24) is 4.90 Å². The summed E-state index contributed by atoms with van der Waals surface area (Å²) in [6.45, 7) is 4.42. The second-order valence-corrected chi connectivity index (χ2v) is 5.33. The summed E-state index contributed by atoms with van der Waals surface area (Å²) in [7, 11) is -1.41. The smallest absolute Gasteiger partial charge is 0.344 e. The van der Waals surface area contributed by atoms with Crippen molar-refractivity contribution in [2.24, 2.45) is 0 Å². The van der Waals surface area contributed by atoms with Crippen molar-refractivity contribution in [2.75, 3.05) is 33.1 Å². The zero-order chi connectivity index (χ0) is 12.6. The summed E-state index contributed by atoms with van der Waals surface area (Å²) in [5.41, 5.74) is 0. The van der Waals surface area contributed by atoms with Gasteiger partial charge in [-0.3, -0.25) is 14.3 Å². The summed E-state index contributed by atoms with van der Waals surface area (Å²) in [6, 6.07) is 0. The van der Waals surface area contributed by atoms with Gasteiger partial charge in [-0.1, -0.05) is 0 Å². The molecule has 0 aromatic rings. The van der Waals surface area contributed by atoms with Crippen molar-refractivity contribution in [3.8, 4) is 0 Å². The zero-order valence-electron chi connectivity index (χ0n) is 10.0. The maximum atomic E-state index is 12.0. The van der Waals surface area contributed by atoms with Crippen molar-refractivity contribution in [2.45, 2.75) is 20.3 Å². The van der Waals surface area contributed by atoms with Crippen molar-refractivity contribution < 1.29 is 23.5 Å². The minimum atomic E-state index is -3.10. The van der Waals surface area contributed by atoms with Crippen LogP contribution in [0.3, 0.4) is 0 Å². The molecule has 0 spiro atoms. The molecule has 16 heavy (non-hydrogen) atoms. The molecule has 0 atom stereocenters. The standard InChI is InChI=1S/C9H20NO5P/c1-4-14-16(13,15-5-2)8-10(3)7-6-9(11)12/h4-8H2,1-3H3,(H,11,12). The Bertz CT molecular complexity index is 248. The molecule has 7 heteroatoms. The summed E-state index contributed by atoms with van der Waals surface area (Å²) in [5.74, 6) is -0.880. The van der Waals surface area contributed by atoms with E-state index in [-0.39, 0.29) is 12.7 Å². The summed E-state index contributed by atoms with van der Waals surface area (Å²) in [6.07, 6.45) is 0.122. The lowest BCUT2D eigenvalue weighted by Crippen LogP contribution is -2.24. The fourth-order valence-corrected chi connectivity index (χ4v) is 2.92. The van der Waals surface area contributed by atoms with Gasteiger partial charge in [-0.15, -0.1) is 0 Å². The number of nitrogens with zero attached hydrogens (tertiary/aromatic N) is 1. The van der Waals surface area contributed by atoms with Crippen LogP contribution in [-0.4, -0.2) is 49.1 Å². The Morgan fingerprint density at radius 3 is 2.19 bits per heavy atom. The van der Waals surface area contributed by atoms with Crippen LogP contribution in [0.4, 0.5) is 0 Å². The Labute approximate surface area is 96.1 Å². The van der Waals surface area contributed by atoms with E-state index in [2.05, 4.69) is 0 Å². The first kappa shape index (κ1) is 15.6. The lowest BCUT2D eigenvalue weighted by Gasteiger charge is -2.22. The molecule has 0 aliphatic heterocycles. The Morgan fingerprint density at radius 1 is 1.31 bits per heavy atom. The van der Waals surface area contributed by atoms with Crippen LogP contribution in [0.15, 0.2) is 0 Å². The molecule has 1 N–H and O–H groups in total. The van der Waals surface area contributed by atoms with Crippen LogP contribution in [-0.2, 0) is 18.4 Å². The monoisotopic (exact) mass is 253 g/mol. The fourth-order valence-electron chi connectivity index (χ4n) is 1.17. The van der Waals surface area contributed by atoms with Crippen molar-refractivity contribution in [1.29, 1.82) is 0 Å². The molecule has 0 bridgehead atoms. The summed E-state index contributed by atoms with van der Waals surface area (Å²) in [5, 5.41) is 8.51. The minimum absolute atomic E-state index is 0.00868. The highest BCUT2D eigenvalue weighted by molar-refractivity contribution is 7.53. The SMILES string of the molecule is CCOP(=O)(CN(C)CCC(=O)O)OCC. The van der Waals surface area contributed by atoms with E-state index in [4.69, 9.17) is 14.2 Å². The highest BCUT2D eigenvalue weighted by Gasteiger charge is 2.25. The zero-order valence-corrected chi connectivity index (χ0v) is 10.9. The van der Waals surface area contributed by atoms with Crippen LogP contribution >= 0.6 is 7.60 Å². The molecule has 0 aliphatic carbocycles. The molecular weight excluding hydrogens is 233 g/mol. The summed E-state index contributed by atoms with van der Waals surface area (Å²) >= 11 is 0. The van der Waals surface area contributed by atoms with Crippen molar-refractivity contribution >= 4 is 13.6 Å². The van der Waals surface area contributed by atoms with E-state index >= 15 is 0 Å². The predicted octanol–water partition coefficient (Wildman–Crippen LogP) is 1.62. The lowest BCUT2D eigenvalue weighted by atomic mass is 10.4. The van der Waals surface area contributed by atoms with Crippen LogP contribution in [0.25, 0.3) is 0 Å². The molecule has 0 radical (unpaired) electrons. The molecule has 0 aromatic carbocycles. The number of carboxylic acid groups (broad SMARTS) is 1. The van der Waals surface area contributed by atoms with Crippen LogP contribution in [0.5, 0.6) is 0 Å². The minimum Gasteiger partial charge on any atom is -0.481 e. The van der Waals surface area contributed by atoms with E-state index in [1.807, 2.05) is 0 Å². The van der Waals surface area contributed by atoms with Gasteiger partial charge in [-0.25, -0.2) is 0 Å². The molecule has 0 heterocycles. The maximum Gasteiger partial charge on any atom is 0.344 e. The lowest BCUT2D eigenvalue weighted by molar-refractivity contribution is -0.137. The largest absolute Gasteiger partial charge is 0.481 e. The summed E-state index contributed by atoms with van der Waals surface area (Å²) < 4.78 is 22.2. The third kappa shape index (κ3) is 6.95. The second kappa shape index (κ2) is 7.79. The van der Waals surface area contributed by atoms with Gasteiger partial charge in [-0.2, -0.15) is 0 Å². The molecule has 6 nitrogen and oxygen atoms in total. The fraction of sp³-hybridized carbons (Fsp3) is 0.889. The van der Waals surface area contributed by atoms with Gasteiger partial charge in [0.15, 0.2) is 0 Å². The third-order valence-electron chi connectivity index (χ3n) is 1.77. The van der Waals surface area contributed by atoms with Crippen LogP contribution in [0.1, 0.15) is 20.3 Å². The number of hydrogen-bond donors (Lipinski definition) is 1. The molecule has 0 saturated carbocycles. The Kier molecular flexibility index (Phi) is 7.58. The van der Waals surface area contributed by atoms with E-state index in [0.717, 1.165) is 0 Å². The van der Waals surface area contributed by atoms with Crippen molar-refractivity contribution in [3.05, 3.63) is 0 Å². The number of hydrogen-bond acceptors (Lipinski definition) is 5. The first-order chi connectivity index (χ1) is 7.43. The normalized spacial score (nSPS) is 12.0. The molecule has 0 aromatic heterocycles. The highest BCUT2D eigenvalue weighted by atomic mass is 31.2. The van der Waals surface area contributed by atoms with Gasteiger partial charge in [0, 0.05) is 6.54 Å². The van der Waals surface area contributed by atoms with Gasteiger partial charge in [0.2, 0.25) is 0 Å². The van der Waals surface area contributed by atoms with E-state index in [0.29, 0.717) is 19.8 Å². The number of aliphatic carboxylic acids is 1. The number of rotatable bonds is 9. The third-order valence-corrected chi connectivity index (χ3v) is 3.91. The maximum absolute atomic E-state index is 12.0. The van der Waals surface area contributed by atoms with Gasteiger partial charge in [0.1, 0.15) is 6.29 Å². The summed E-state index contributed by atoms with van der Waals surface area (Å²) in [4.78, 5) is 12.0. The van der Waals surface area contributed by atoms with E-state index in [1.54, 1.807) is 25.8 Å². The topological polar surface area (TPSA) is 76.1 Å². The Hall–Kier alpha value is -0.420. The first-order valence-electron chi connectivity index (χ1n) is 5.22. The van der Waals surface area contributed by atoms with Crippen molar-refractivity contribution in [3.63, 3.8) is 0 Å². The molecule has 0 amide bonds. The number of carbonyl (C=O) groups is 1. The van der Waals surface area contributed by atoms with Gasteiger partial charge in [-0.05, 0) is 20.9 Å². The number of carboxylic acids is 1. The quantitative estimate of drug-likeness (QED) is 0.629. The van der Waals surface area contributed by atoms with Gasteiger partial charge in [0.05, 0.1) is 19.6 Å². The van der Waals surface area contributed by atoms with Gasteiger partial charge >= 0.3 is 13.6 Å². The second-order valence-electron chi connectivity index (χ2n) is 3.31. The average Bonchev–Trinajstić information content (AvgIpc) is 2.15.